The second-order valence-electron chi connectivity index (χ2n) is 6.24. The molecule has 7 heteroatoms. The molecule has 3 aromatic rings. The van der Waals surface area contributed by atoms with Crippen LogP contribution in [0.5, 0.6) is 0 Å². The summed E-state index contributed by atoms with van der Waals surface area (Å²) in [5.41, 5.74) is 4.00. The van der Waals surface area contributed by atoms with Crippen molar-refractivity contribution in [1.29, 1.82) is 0 Å². The number of amides is 2. The number of aromatic nitrogens is 1. The van der Waals surface area contributed by atoms with Crippen LogP contribution in [-0.4, -0.2) is 23.3 Å². The average molecular weight is 398 g/mol. The largest absolute Gasteiger partial charge is 0.312 e. The Balaban J connectivity index is 1.52. The summed E-state index contributed by atoms with van der Waals surface area (Å²) < 4.78 is 0. The molecule has 0 saturated carbocycles. The van der Waals surface area contributed by atoms with E-state index in [9.17, 15) is 9.59 Å². The molecule has 2 heterocycles. The Kier molecular flexibility index (Phi) is 4.68. The predicted octanol–water partition coefficient (Wildman–Crippen LogP) is 4.62. The predicted molar refractivity (Wildman–Crippen MR) is 109 cm³/mol. The van der Waals surface area contributed by atoms with Crippen molar-refractivity contribution in [2.75, 3.05) is 16.8 Å². The van der Waals surface area contributed by atoms with Gasteiger partial charge in [-0.15, -0.1) is 11.3 Å². The van der Waals surface area contributed by atoms with Crippen LogP contribution in [0.25, 0.3) is 11.3 Å². The molecular weight excluding hydrogens is 382 g/mol. The Morgan fingerprint density at radius 2 is 2.04 bits per heavy atom. The van der Waals surface area contributed by atoms with E-state index in [1.54, 1.807) is 17.9 Å². The molecule has 27 heavy (non-hydrogen) atoms. The van der Waals surface area contributed by atoms with Crippen LogP contribution in [0.4, 0.5) is 10.8 Å². The summed E-state index contributed by atoms with van der Waals surface area (Å²) in [4.78, 5) is 30.4. The standard InChI is InChI=1S/C20H16ClN3O2S/c1-12(25)24-9-8-13-10-14(6-7-18(13)24)19(26)23-20-22-17(11-27-20)15-4-2-3-5-16(15)21/h2-7,10-11H,8-9H2,1H3,(H,22,23,26). The van der Waals surface area contributed by atoms with Crippen molar-refractivity contribution in [2.45, 2.75) is 13.3 Å². The summed E-state index contributed by atoms with van der Waals surface area (Å²) in [6.45, 7) is 2.21. The van der Waals surface area contributed by atoms with E-state index in [2.05, 4.69) is 10.3 Å². The first kappa shape index (κ1) is 17.7. The second kappa shape index (κ2) is 7.13. The third kappa shape index (κ3) is 3.46. The fourth-order valence-electron chi connectivity index (χ4n) is 3.16. The van der Waals surface area contributed by atoms with Crippen molar-refractivity contribution >= 4 is 45.6 Å². The van der Waals surface area contributed by atoms with Crippen LogP contribution in [0.3, 0.4) is 0 Å². The van der Waals surface area contributed by atoms with Crippen LogP contribution < -0.4 is 10.2 Å². The van der Waals surface area contributed by atoms with Crippen LogP contribution in [0.15, 0.2) is 47.8 Å². The first-order chi connectivity index (χ1) is 13.0. The van der Waals surface area contributed by atoms with Crippen LogP contribution in [0.1, 0.15) is 22.8 Å². The van der Waals surface area contributed by atoms with Crippen LogP contribution >= 0.6 is 22.9 Å². The van der Waals surface area contributed by atoms with Gasteiger partial charge in [0.2, 0.25) is 5.91 Å². The maximum Gasteiger partial charge on any atom is 0.257 e. The zero-order valence-electron chi connectivity index (χ0n) is 14.5. The third-order valence-electron chi connectivity index (χ3n) is 4.49. The number of halogens is 1. The van der Waals surface area contributed by atoms with E-state index in [1.807, 2.05) is 41.8 Å². The van der Waals surface area contributed by atoms with Gasteiger partial charge in [-0.1, -0.05) is 29.8 Å². The lowest BCUT2D eigenvalue weighted by Gasteiger charge is -2.14. The first-order valence-electron chi connectivity index (χ1n) is 8.46. The van der Waals surface area contributed by atoms with Crippen molar-refractivity contribution in [3.05, 3.63) is 64.0 Å². The molecule has 1 aromatic heterocycles. The summed E-state index contributed by atoms with van der Waals surface area (Å²) in [6, 6.07) is 12.9. The van der Waals surface area contributed by atoms with E-state index in [1.165, 1.54) is 11.3 Å². The molecule has 0 bridgehead atoms. The van der Waals surface area contributed by atoms with Crippen molar-refractivity contribution in [3.8, 4) is 11.3 Å². The number of hydrogen-bond acceptors (Lipinski definition) is 4. The van der Waals surface area contributed by atoms with Gasteiger partial charge in [0.25, 0.3) is 5.91 Å². The Labute approximate surface area is 165 Å². The maximum absolute atomic E-state index is 12.6. The van der Waals surface area contributed by atoms with E-state index in [0.29, 0.717) is 22.3 Å². The molecule has 1 aliphatic heterocycles. The van der Waals surface area contributed by atoms with Gasteiger partial charge in [0.05, 0.1) is 5.69 Å². The minimum atomic E-state index is -0.223. The molecule has 0 aliphatic carbocycles. The Morgan fingerprint density at radius 1 is 1.22 bits per heavy atom. The fraction of sp³-hybridized carbons (Fsp3) is 0.150. The zero-order chi connectivity index (χ0) is 19.0. The molecule has 0 fully saturated rings. The molecule has 1 N–H and O–H groups in total. The molecular formula is C20H16ClN3O2S. The summed E-state index contributed by atoms with van der Waals surface area (Å²) >= 11 is 7.56. The van der Waals surface area contributed by atoms with Gasteiger partial charge in [-0.2, -0.15) is 0 Å². The number of carbonyl (C=O) groups excluding carboxylic acids is 2. The van der Waals surface area contributed by atoms with E-state index in [4.69, 9.17) is 11.6 Å². The minimum absolute atomic E-state index is 0.0147. The van der Waals surface area contributed by atoms with Crippen molar-refractivity contribution < 1.29 is 9.59 Å². The molecule has 0 spiro atoms. The van der Waals surface area contributed by atoms with Gasteiger partial charge in [0.1, 0.15) is 0 Å². The number of fused-ring (bicyclic) bond motifs is 1. The molecule has 4 rings (SSSR count). The van der Waals surface area contributed by atoms with Gasteiger partial charge in [-0.3, -0.25) is 14.9 Å². The number of nitrogens with one attached hydrogen (secondary N) is 1. The molecule has 0 atom stereocenters. The van der Waals surface area contributed by atoms with Crippen LogP contribution in [-0.2, 0) is 11.2 Å². The van der Waals surface area contributed by atoms with E-state index in [-0.39, 0.29) is 11.8 Å². The van der Waals surface area contributed by atoms with Crippen molar-refractivity contribution in [2.24, 2.45) is 0 Å². The fourth-order valence-corrected chi connectivity index (χ4v) is 4.10. The number of anilines is 2. The summed E-state index contributed by atoms with van der Waals surface area (Å²) in [7, 11) is 0. The number of nitrogens with zero attached hydrogens (tertiary/aromatic N) is 2. The highest BCUT2D eigenvalue weighted by atomic mass is 35.5. The van der Waals surface area contributed by atoms with Gasteiger partial charge >= 0.3 is 0 Å². The monoisotopic (exact) mass is 397 g/mol. The van der Waals surface area contributed by atoms with E-state index >= 15 is 0 Å². The summed E-state index contributed by atoms with van der Waals surface area (Å²) in [6.07, 6.45) is 0.754. The van der Waals surface area contributed by atoms with Gasteiger partial charge in [0.15, 0.2) is 5.13 Å². The summed E-state index contributed by atoms with van der Waals surface area (Å²) in [5.74, 6) is -0.208. The smallest absolute Gasteiger partial charge is 0.257 e. The molecule has 1 aliphatic rings. The normalized spacial score (nSPS) is 12.7. The van der Waals surface area contributed by atoms with E-state index in [0.717, 1.165) is 28.9 Å². The highest BCUT2D eigenvalue weighted by molar-refractivity contribution is 7.14. The lowest BCUT2D eigenvalue weighted by molar-refractivity contribution is -0.116. The quantitative estimate of drug-likeness (QED) is 0.701. The Hall–Kier alpha value is -2.70. The van der Waals surface area contributed by atoms with Crippen molar-refractivity contribution in [1.82, 2.24) is 4.98 Å². The molecule has 0 radical (unpaired) electrons. The van der Waals surface area contributed by atoms with Gasteiger partial charge in [0, 0.05) is 40.7 Å². The van der Waals surface area contributed by atoms with Crippen LogP contribution in [0, 0.1) is 0 Å². The number of rotatable bonds is 3. The number of carbonyl (C=O) groups is 2. The number of hydrogen-bond donors (Lipinski definition) is 1. The molecule has 2 aromatic carbocycles. The summed E-state index contributed by atoms with van der Waals surface area (Å²) in [5, 5.41) is 5.84. The zero-order valence-corrected chi connectivity index (χ0v) is 16.1. The molecule has 0 saturated heterocycles. The molecule has 136 valence electrons. The van der Waals surface area contributed by atoms with Gasteiger partial charge in [-0.25, -0.2) is 4.98 Å². The molecule has 2 amide bonds. The maximum atomic E-state index is 12.6. The average Bonchev–Trinajstić information content (AvgIpc) is 3.28. The highest BCUT2D eigenvalue weighted by Crippen LogP contribution is 2.31. The lowest BCUT2D eigenvalue weighted by atomic mass is 10.1. The van der Waals surface area contributed by atoms with Crippen LogP contribution in [0.2, 0.25) is 5.02 Å². The highest BCUT2D eigenvalue weighted by Gasteiger charge is 2.23. The van der Waals surface area contributed by atoms with Crippen molar-refractivity contribution in [3.63, 3.8) is 0 Å². The SMILES string of the molecule is CC(=O)N1CCc2cc(C(=O)Nc3nc(-c4ccccc4Cl)cs3)ccc21. The van der Waals surface area contributed by atoms with Gasteiger partial charge < -0.3 is 4.90 Å². The second-order valence-corrected chi connectivity index (χ2v) is 7.50. The lowest BCUT2D eigenvalue weighted by Crippen LogP contribution is -2.25. The Morgan fingerprint density at radius 3 is 2.81 bits per heavy atom. The van der Waals surface area contributed by atoms with E-state index < -0.39 is 0 Å². The Bertz CT molecular complexity index is 1050. The first-order valence-corrected chi connectivity index (χ1v) is 9.71. The number of benzene rings is 2. The minimum Gasteiger partial charge on any atom is -0.312 e. The number of thiazole rings is 1. The molecule has 5 nitrogen and oxygen atoms in total. The van der Waals surface area contributed by atoms with Gasteiger partial charge in [-0.05, 0) is 36.2 Å². The molecule has 0 unspecified atom stereocenters. The topological polar surface area (TPSA) is 62.3 Å². The third-order valence-corrected chi connectivity index (χ3v) is 5.58.